The monoisotopic (exact) mass is 569 g/mol. The quantitative estimate of drug-likeness (QED) is 0.244. The lowest BCUT2D eigenvalue weighted by Crippen LogP contribution is -2.12. The van der Waals surface area contributed by atoms with Gasteiger partial charge in [0.25, 0.3) is 11.8 Å². The van der Waals surface area contributed by atoms with Gasteiger partial charge in [-0.2, -0.15) is 4.36 Å². The largest absolute Gasteiger partial charge is 0.469 e. The molecule has 0 saturated carbocycles. The van der Waals surface area contributed by atoms with Gasteiger partial charge < -0.3 is 14.5 Å². The Hall–Kier alpha value is -5.01. The number of benzene rings is 2. The molecule has 2 aromatic carbocycles. The lowest BCUT2D eigenvalue weighted by Gasteiger charge is -2.06. The first kappa shape index (κ1) is 29.0. The predicted octanol–water partition coefficient (Wildman–Crippen LogP) is 5.04. The molecular weight excluding hydrogens is 542 g/mol. The van der Waals surface area contributed by atoms with E-state index in [2.05, 4.69) is 31.2 Å². The van der Waals surface area contributed by atoms with E-state index in [0.29, 0.717) is 28.1 Å². The number of hydrogen-bond donors (Lipinski definition) is 1. The molecule has 10 heteroatoms. The van der Waals surface area contributed by atoms with Gasteiger partial charge in [-0.1, -0.05) is 30.0 Å². The van der Waals surface area contributed by atoms with Gasteiger partial charge in [-0.15, -0.1) is 0 Å². The number of methoxy groups -OCH3 is 1. The second kappa shape index (κ2) is 12.9. The minimum atomic E-state index is -3.03. The van der Waals surface area contributed by atoms with Crippen LogP contribution in [0.3, 0.4) is 0 Å². The van der Waals surface area contributed by atoms with Crippen LogP contribution in [0, 0.1) is 18.8 Å². The number of ether oxygens (including phenoxy) is 1. The van der Waals surface area contributed by atoms with E-state index in [4.69, 9.17) is 4.42 Å². The molecule has 1 N–H and O–H groups in total. The molecule has 2 amide bonds. The van der Waals surface area contributed by atoms with Gasteiger partial charge in [0.2, 0.25) is 0 Å². The van der Waals surface area contributed by atoms with Crippen LogP contribution < -0.4 is 5.32 Å². The molecular formula is C31H27N3O6S. The molecule has 0 saturated heterocycles. The average molecular weight is 570 g/mol. The van der Waals surface area contributed by atoms with Crippen LogP contribution in [-0.4, -0.2) is 40.3 Å². The number of carbonyl (C=O) groups is 3. The first-order valence-electron chi connectivity index (χ1n) is 12.5. The third-order valence-electron chi connectivity index (χ3n) is 5.99. The van der Waals surface area contributed by atoms with Gasteiger partial charge in [-0.25, -0.2) is 4.21 Å². The Bertz CT molecular complexity index is 1790. The number of aromatic nitrogens is 1. The highest BCUT2D eigenvalue weighted by atomic mass is 32.2. The molecule has 208 valence electrons. The van der Waals surface area contributed by atoms with Crippen molar-refractivity contribution >= 4 is 33.2 Å². The van der Waals surface area contributed by atoms with E-state index in [1.807, 2.05) is 0 Å². The van der Waals surface area contributed by atoms with Crippen LogP contribution in [0.1, 0.15) is 49.6 Å². The summed E-state index contributed by atoms with van der Waals surface area (Å²) in [5, 5.41) is 2.78. The normalized spacial score (nSPS) is 11.9. The highest BCUT2D eigenvalue weighted by Crippen LogP contribution is 2.17. The van der Waals surface area contributed by atoms with Gasteiger partial charge >= 0.3 is 5.97 Å². The van der Waals surface area contributed by atoms with Crippen molar-refractivity contribution in [3.05, 3.63) is 113 Å². The Labute approximate surface area is 238 Å². The Morgan fingerprint density at radius 3 is 2.49 bits per heavy atom. The topological polar surface area (TPSA) is 128 Å². The first-order chi connectivity index (χ1) is 19.6. The third-order valence-corrected chi connectivity index (χ3v) is 7.65. The summed E-state index contributed by atoms with van der Waals surface area (Å²) in [6.07, 6.45) is 6.42. The number of amides is 2. The molecule has 1 unspecified atom stereocenters. The average Bonchev–Trinajstić information content (AvgIpc) is 3.41. The van der Waals surface area contributed by atoms with Crippen LogP contribution in [0.2, 0.25) is 0 Å². The molecule has 0 aliphatic carbocycles. The summed E-state index contributed by atoms with van der Waals surface area (Å²) in [4.78, 5) is 41.1. The van der Waals surface area contributed by atoms with Crippen LogP contribution in [0.4, 0.5) is 5.69 Å². The first-order valence-corrected chi connectivity index (χ1v) is 14.4. The number of nitrogens with one attached hydrogen (secondary N) is 1. The van der Waals surface area contributed by atoms with Crippen LogP contribution in [-0.2, 0) is 25.7 Å². The molecule has 4 rings (SSSR count). The van der Waals surface area contributed by atoms with Crippen LogP contribution in [0.15, 0.2) is 93.0 Å². The van der Waals surface area contributed by atoms with Crippen molar-refractivity contribution < 1.29 is 27.7 Å². The van der Waals surface area contributed by atoms with Crippen molar-refractivity contribution in [2.45, 2.75) is 24.7 Å². The maximum atomic E-state index is 13.2. The van der Waals surface area contributed by atoms with E-state index >= 15 is 0 Å². The number of anilines is 1. The number of hydrogen-bond acceptors (Lipinski definition) is 7. The van der Waals surface area contributed by atoms with Crippen LogP contribution in [0.25, 0.3) is 0 Å². The minimum Gasteiger partial charge on any atom is -0.469 e. The van der Waals surface area contributed by atoms with E-state index in [1.165, 1.54) is 38.1 Å². The maximum absolute atomic E-state index is 13.2. The Morgan fingerprint density at radius 2 is 1.78 bits per heavy atom. The molecule has 0 aliphatic heterocycles. The second-order valence-electron chi connectivity index (χ2n) is 9.10. The molecule has 0 fully saturated rings. The summed E-state index contributed by atoms with van der Waals surface area (Å²) in [5.74, 6) is 4.84. The standard InChI is InChI=1S/C31H27N3O6S/c1-21-15-16-40-29(21)31(37)33-26-6-4-5-23(18-26)7-8-24-17-25(20-32-19-24)30(36)34-41(3,38)27-12-9-22(10-13-27)11-14-28(35)39-2/h4-6,9-10,12-13,15-20H,11,14H2,1-3H3,(H,33,37). The van der Waals surface area contributed by atoms with Crippen molar-refractivity contribution in [2.75, 3.05) is 18.7 Å². The number of aryl methyl sites for hydroxylation is 2. The number of carbonyl (C=O) groups excluding carboxylic acids is 3. The zero-order chi connectivity index (χ0) is 29.4. The van der Waals surface area contributed by atoms with Crippen molar-refractivity contribution in [3.8, 4) is 11.8 Å². The molecule has 9 nitrogen and oxygen atoms in total. The summed E-state index contributed by atoms with van der Waals surface area (Å²) >= 11 is 0. The molecule has 4 aromatic rings. The van der Waals surface area contributed by atoms with Gasteiger partial charge in [0.1, 0.15) is 0 Å². The molecule has 2 aromatic heterocycles. The lowest BCUT2D eigenvalue weighted by atomic mass is 10.1. The fraction of sp³-hybridized carbons (Fsp3) is 0.161. The van der Waals surface area contributed by atoms with E-state index in [0.717, 1.165) is 11.1 Å². The summed E-state index contributed by atoms with van der Waals surface area (Å²) in [7, 11) is -1.70. The molecule has 0 spiro atoms. The summed E-state index contributed by atoms with van der Waals surface area (Å²) in [5.41, 5.74) is 3.40. The Balaban J connectivity index is 1.47. The fourth-order valence-corrected chi connectivity index (χ4v) is 4.93. The molecule has 1 atom stereocenters. The van der Waals surface area contributed by atoms with Crippen LogP contribution in [0.5, 0.6) is 0 Å². The predicted molar refractivity (Wildman–Crippen MR) is 154 cm³/mol. The molecule has 0 bridgehead atoms. The molecule has 2 heterocycles. The summed E-state index contributed by atoms with van der Waals surface area (Å²) in [6, 6.07) is 17.0. The van der Waals surface area contributed by atoms with Crippen molar-refractivity contribution in [1.82, 2.24) is 4.98 Å². The van der Waals surface area contributed by atoms with Gasteiger partial charge in [0.05, 0.1) is 28.7 Å². The van der Waals surface area contributed by atoms with Gasteiger partial charge in [0.15, 0.2) is 5.76 Å². The zero-order valence-electron chi connectivity index (χ0n) is 22.7. The van der Waals surface area contributed by atoms with Crippen molar-refractivity contribution in [1.29, 1.82) is 0 Å². The highest BCUT2D eigenvalue weighted by molar-refractivity contribution is 7.93. The van der Waals surface area contributed by atoms with Gasteiger partial charge in [-0.05, 0) is 61.4 Å². The van der Waals surface area contributed by atoms with Crippen molar-refractivity contribution in [2.24, 2.45) is 4.36 Å². The Morgan fingerprint density at radius 1 is 1.02 bits per heavy atom. The summed E-state index contributed by atoms with van der Waals surface area (Å²) in [6.45, 7) is 1.79. The number of rotatable bonds is 7. The highest BCUT2D eigenvalue weighted by Gasteiger charge is 2.14. The SMILES string of the molecule is COC(=O)CCc1ccc(S(C)(=O)=NC(=O)c2cncc(C#Cc3cccc(NC(=O)c4occc4C)c3)c2)cc1. The van der Waals surface area contributed by atoms with E-state index in [-0.39, 0.29) is 29.6 Å². The number of furan rings is 1. The summed E-state index contributed by atoms with van der Waals surface area (Å²) < 4.78 is 27.1. The smallest absolute Gasteiger partial charge is 0.305 e. The second-order valence-corrected chi connectivity index (χ2v) is 11.4. The van der Waals surface area contributed by atoms with Crippen molar-refractivity contribution in [3.63, 3.8) is 0 Å². The third kappa shape index (κ3) is 7.77. The van der Waals surface area contributed by atoms with E-state index in [1.54, 1.807) is 61.5 Å². The number of esters is 1. The fourth-order valence-electron chi connectivity index (χ4n) is 3.76. The minimum absolute atomic E-state index is 0.149. The number of pyridine rings is 1. The van der Waals surface area contributed by atoms with E-state index in [9.17, 15) is 18.6 Å². The van der Waals surface area contributed by atoms with Gasteiger partial charge in [0, 0.05) is 52.3 Å². The maximum Gasteiger partial charge on any atom is 0.305 e. The molecule has 0 aliphatic rings. The molecule has 41 heavy (non-hydrogen) atoms. The Kier molecular flexibility index (Phi) is 9.12. The van der Waals surface area contributed by atoms with Gasteiger partial charge in [-0.3, -0.25) is 19.4 Å². The molecule has 0 radical (unpaired) electrons. The zero-order valence-corrected chi connectivity index (χ0v) is 23.5. The lowest BCUT2D eigenvalue weighted by molar-refractivity contribution is -0.140. The van der Waals surface area contributed by atoms with E-state index < -0.39 is 15.6 Å². The van der Waals surface area contributed by atoms with Crippen LogP contribution >= 0.6 is 0 Å². The number of nitrogens with zero attached hydrogens (tertiary/aromatic N) is 2.